The summed E-state index contributed by atoms with van der Waals surface area (Å²) in [7, 11) is 0. The number of anilines is 1. The molecule has 0 bridgehead atoms. The highest BCUT2D eigenvalue weighted by Crippen LogP contribution is 2.41. The van der Waals surface area contributed by atoms with Crippen LogP contribution in [-0.4, -0.2) is 49.6 Å². The Morgan fingerprint density at radius 2 is 1.73 bits per heavy atom. The molecule has 2 heterocycles. The van der Waals surface area contributed by atoms with E-state index in [0.717, 1.165) is 16.0 Å². The molecule has 4 rings (SSSR count). The largest absolute Gasteiger partial charge is 0.434 e. The first-order valence-electron chi connectivity index (χ1n) is 10.4. The fourth-order valence-electron chi connectivity index (χ4n) is 3.67. The van der Waals surface area contributed by atoms with Crippen LogP contribution in [0.4, 0.5) is 13.8 Å². The van der Waals surface area contributed by atoms with Crippen molar-refractivity contribution >= 4 is 28.2 Å². The Balaban J connectivity index is 1.72. The van der Waals surface area contributed by atoms with Crippen molar-refractivity contribution in [3.8, 4) is 16.2 Å². The number of carbonyl (C=O) groups excluding carboxylic acids is 2. The molecule has 2 aromatic carbocycles. The number of para-hydroxylation sites is 1. The standard InChI is InChI=1S/C24H22F2N2O4S/c1-15-19(23(30)28-11-13-31-14-12-28)22(33-20(15)16-7-3-2-4-8-16)27-21(29)17-9-5-6-10-18(17)32-24(25)26/h2-10,24H,11-14H2,1H3,(H,27,29). The van der Waals surface area contributed by atoms with Crippen molar-refractivity contribution in [2.24, 2.45) is 0 Å². The molecule has 1 N–H and O–H groups in total. The maximum atomic E-state index is 13.4. The average Bonchev–Trinajstić information content (AvgIpc) is 3.15. The first-order chi connectivity index (χ1) is 16.0. The lowest BCUT2D eigenvalue weighted by molar-refractivity contribution is -0.0501. The number of hydrogen-bond donors (Lipinski definition) is 1. The van der Waals surface area contributed by atoms with E-state index in [0.29, 0.717) is 36.9 Å². The van der Waals surface area contributed by atoms with Crippen LogP contribution in [0.3, 0.4) is 0 Å². The van der Waals surface area contributed by atoms with Crippen molar-refractivity contribution < 1.29 is 27.8 Å². The molecule has 0 unspecified atom stereocenters. The zero-order valence-electron chi connectivity index (χ0n) is 17.8. The first-order valence-corrected chi connectivity index (χ1v) is 11.2. The number of nitrogens with zero attached hydrogens (tertiary/aromatic N) is 1. The van der Waals surface area contributed by atoms with Crippen LogP contribution in [0.25, 0.3) is 10.4 Å². The van der Waals surface area contributed by atoms with Crippen molar-refractivity contribution in [3.63, 3.8) is 0 Å². The van der Waals surface area contributed by atoms with Crippen LogP contribution in [0.5, 0.6) is 5.75 Å². The van der Waals surface area contributed by atoms with Gasteiger partial charge in [-0.05, 0) is 30.2 Å². The Labute approximate surface area is 193 Å². The van der Waals surface area contributed by atoms with Gasteiger partial charge in [-0.2, -0.15) is 8.78 Å². The van der Waals surface area contributed by atoms with Gasteiger partial charge in [0, 0.05) is 18.0 Å². The minimum atomic E-state index is -3.06. The predicted molar refractivity (Wildman–Crippen MR) is 122 cm³/mol. The van der Waals surface area contributed by atoms with Crippen LogP contribution < -0.4 is 10.1 Å². The third-order valence-electron chi connectivity index (χ3n) is 5.27. The Morgan fingerprint density at radius 1 is 1.06 bits per heavy atom. The molecule has 1 aliphatic heterocycles. The Kier molecular flexibility index (Phi) is 7.00. The molecule has 0 saturated carbocycles. The second kappa shape index (κ2) is 10.1. The van der Waals surface area contributed by atoms with Crippen LogP contribution in [0.2, 0.25) is 0 Å². The van der Waals surface area contributed by atoms with Gasteiger partial charge in [0.1, 0.15) is 10.8 Å². The number of thiophene rings is 1. The minimum Gasteiger partial charge on any atom is -0.434 e. The van der Waals surface area contributed by atoms with E-state index in [2.05, 4.69) is 10.1 Å². The molecule has 1 aromatic heterocycles. The fraction of sp³-hybridized carbons (Fsp3) is 0.250. The normalized spacial score (nSPS) is 13.8. The van der Waals surface area contributed by atoms with Crippen LogP contribution in [0, 0.1) is 6.92 Å². The monoisotopic (exact) mass is 472 g/mol. The van der Waals surface area contributed by atoms with E-state index in [-0.39, 0.29) is 17.2 Å². The van der Waals surface area contributed by atoms with Crippen LogP contribution in [-0.2, 0) is 4.74 Å². The SMILES string of the molecule is Cc1c(-c2ccccc2)sc(NC(=O)c2ccccc2OC(F)F)c1C(=O)N1CCOCC1. The van der Waals surface area contributed by atoms with Crippen molar-refractivity contribution in [1.82, 2.24) is 4.90 Å². The first kappa shape index (κ1) is 22.9. The minimum absolute atomic E-state index is 0.0464. The number of amides is 2. The highest BCUT2D eigenvalue weighted by Gasteiger charge is 2.28. The second-order valence-electron chi connectivity index (χ2n) is 7.36. The molecule has 1 fully saturated rings. The molecule has 2 amide bonds. The van der Waals surface area contributed by atoms with Gasteiger partial charge in [-0.3, -0.25) is 9.59 Å². The van der Waals surface area contributed by atoms with Gasteiger partial charge in [0.2, 0.25) is 0 Å². The highest BCUT2D eigenvalue weighted by molar-refractivity contribution is 7.20. The third kappa shape index (κ3) is 5.04. The molecule has 3 aromatic rings. The van der Waals surface area contributed by atoms with Crippen molar-refractivity contribution in [1.29, 1.82) is 0 Å². The van der Waals surface area contributed by atoms with E-state index in [1.165, 1.54) is 29.5 Å². The number of morpholine rings is 1. The predicted octanol–water partition coefficient (Wildman–Crippen LogP) is 5.05. The molecule has 1 saturated heterocycles. The second-order valence-corrected chi connectivity index (χ2v) is 8.38. The number of carbonyl (C=O) groups is 2. The number of nitrogens with one attached hydrogen (secondary N) is 1. The number of rotatable bonds is 6. The third-order valence-corrected chi connectivity index (χ3v) is 6.53. The molecule has 0 radical (unpaired) electrons. The van der Waals surface area contributed by atoms with Crippen molar-refractivity contribution in [2.75, 3.05) is 31.6 Å². The number of ether oxygens (including phenoxy) is 2. The van der Waals surface area contributed by atoms with Gasteiger partial charge in [0.25, 0.3) is 11.8 Å². The summed E-state index contributed by atoms with van der Waals surface area (Å²) in [5.74, 6) is -1.08. The van der Waals surface area contributed by atoms with E-state index in [4.69, 9.17) is 4.74 Å². The van der Waals surface area contributed by atoms with E-state index in [1.54, 1.807) is 11.0 Å². The summed E-state index contributed by atoms with van der Waals surface area (Å²) < 4.78 is 35.4. The summed E-state index contributed by atoms with van der Waals surface area (Å²) in [6, 6.07) is 15.3. The summed E-state index contributed by atoms with van der Waals surface area (Å²) in [6.45, 7) is 0.573. The number of hydrogen-bond acceptors (Lipinski definition) is 5. The molecule has 0 spiro atoms. The molecule has 0 atom stereocenters. The molecule has 6 nitrogen and oxygen atoms in total. The van der Waals surface area contributed by atoms with E-state index < -0.39 is 12.5 Å². The molecule has 33 heavy (non-hydrogen) atoms. The van der Waals surface area contributed by atoms with Gasteiger partial charge in [0.15, 0.2) is 0 Å². The van der Waals surface area contributed by atoms with Crippen molar-refractivity contribution in [2.45, 2.75) is 13.5 Å². The maximum absolute atomic E-state index is 13.4. The van der Waals surface area contributed by atoms with E-state index in [9.17, 15) is 18.4 Å². The number of benzene rings is 2. The molecular weight excluding hydrogens is 450 g/mol. The Bertz CT molecular complexity index is 1140. The molecule has 0 aliphatic carbocycles. The summed E-state index contributed by atoms with van der Waals surface area (Å²) >= 11 is 1.27. The van der Waals surface area contributed by atoms with Crippen LogP contribution in [0.15, 0.2) is 54.6 Å². The van der Waals surface area contributed by atoms with Gasteiger partial charge >= 0.3 is 6.61 Å². The number of alkyl halides is 2. The van der Waals surface area contributed by atoms with Gasteiger partial charge in [-0.15, -0.1) is 11.3 Å². The summed E-state index contributed by atoms with van der Waals surface area (Å²) in [4.78, 5) is 29.0. The van der Waals surface area contributed by atoms with Crippen LogP contribution >= 0.6 is 11.3 Å². The fourth-order valence-corrected chi connectivity index (χ4v) is 4.87. The highest BCUT2D eigenvalue weighted by atomic mass is 32.1. The zero-order valence-corrected chi connectivity index (χ0v) is 18.7. The lowest BCUT2D eigenvalue weighted by Gasteiger charge is -2.27. The Hall–Kier alpha value is -3.30. The number of halogens is 2. The molecule has 9 heteroatoms. The summed E-state index contributed by atoms with van der Waals surface area (Å²) in [6.07, 6.45) is 0. The van der Waals surface area contributed by atoms with E-state index in [1.807, 2.05) is 37.3 Å². The van der Waals surface area contributed by atoms with Gasteiger partial charge < -0.3 is 19.7 Å². The molecular formula is C24H22F2N2O4S. The van der Waals surface area contributed by atoms with Crippen molar-refractivity contribution in [3.05, 3.63) is 71.3 Å². The van der Waals surface area contributed by atoms with Crippen LogP contribution in [0.1, 0.15) is 26.3 Å². The lowest BCUT2D eigenvalue weighted by atomic mass is 10.1. The summed E-state index contributed by atoms with van der Waals surface area (Å²) in [5, 5.41) is 3.13. The smallest absolute Gasteiger partial charge is 0.387 e. The summed E-state index contributed by atoms with van der Waals surface area (Å²) in [5.41, 5.74) is 2.00. The maximum Gasteiger partial charge on any atom is 0.387 e. The average molecular weight is 473 g/mol. The molecule has 172 valence electrons. The topological polar surface area (TPSA) is 67.9 Å². The van der Waals surface area contributed by atoms with Gasteiger partial charge in [-0.25, -0.2) is 0 Å². The van der Waals surface area contributed by atoms with E-state index >= 15 is 0 Å². The Morgan fingerprint density at radius 3 is 2.42 bits per heavy atom. The van der Waals surface area contributed by atoms with Gasteiger partial charge in [0.05, 0.1) is 24.3 Å². The molecule has 1 aliphatic rings. The van der Waals surface area contributed by atoms with Gasteiger partial charge in [-0.1, -0.05) is 42.5 Å². The lowest BCUT2D eigenvalue weighted by Crippen LogP contribution is -2.41. The quantitative estimate of drug-likeness (QED) is 0.545. The zero-order chi connectivity index (χ0) is 23.4.